The highest BCUT2D eigenvalue weighted by molar-refractivity contribution is 5.97. The second-order valence-electron chi connectivity index (χ2n) is 6.71. The number of para-hydroxylation sites is 1. The van der Waals surface area contributed by atoms with Crippen LogP contribution in [0.5, 0.6) is 5.75 Å². The highest BCUT2D eigenvalue weighted by atomic mass is 16.5. The average Bonchev–Trinajstić information content (AvgIpc) is 3.30. The number of carbonyl (C=O) groups excluding carboxylic acids is 1. The molecule has 0 bridgehead atoms. The van der Waals surface area contributed by atoms with Crippen LogP contribution in [0.2, 0.25) is 0 Å². The zero-order valence-electron chi connectivity index (χ0n) is 14.2. The lowest BCUT2D eigenvalue weighted by Crippen LogP contribution is -2.28. The predicted molar refractivity (Wildman–Crippen MR) is 95.9 cm³/mol. The number of benzene rings is 2. The van der Waals surface area contributed by atoms with E-state index in [9.17, 15) is 4.79 Å². The molecule has 0 radical (unpaired) electrons. The maximum Gasteiger partial charge on any atom is 0.255 e. The maximum atomic E-state index is 12.8. The Hall–Kier alpha value is -2.33. The van der Waals surface area contributed by atoms with Gasteiger partial charge in [-0.05, 0) is 48.9 Å². The van der Waals surface area contributed by atoms with Gasteiger partial charge >= 0.3 is 0 Å². The number of hydrogen-bond acceptors (Lipinski definition) is 3. The molecule has 4 nitrogen and oxygen atoms in total. The van der Waals surface area contributed by atoms with Gasteiger partial charge in [-0.25, -0.2) is 0 Å². The van der Waals surface area contributed by atoms with Crippen molar-refractivity contribution in [3.63, 3.8) is 0 Å². The van der Waals surface area contributed by atoms with Gasteiger partial charge in [-0.1, -0.05) is 36.4 Å². The summed E-state index contributed by atoms with van der Waals surface area (Å²) in [6.45, 7) is 1.30. The first-order valence-corrected chi connectivity index (χ1v) is 9.03. The second kappa shape index (κ2) is 7.28. The minimum atomic E-state index is -0.0790. The van der Waals surface area contributed by atoms with E-state index in [1.54, 1.807) is 0 Å². The Labute approximate surface area is 148 Å². The van der Waals surface area contributed by atoms with Crippen molar-refractivity contribution in [1.29, 1.82) is 0 Å². The summed E-state index contributed by atoms with van der Waals surface area (Å²) in [6, 6.07) is 15.8. The number of ether oxygens (including phenoxy) is 2. The zero-order chi connectivity index (χ0) is 17.1. The van der Waals surface area contributed by atoms with Crippen molar-refractivity contribution in [2.24, 2.45) is 0 Å². The van der Waals surface area contributed by atoms with Gasteiger partial charge in [0.15, 0.2) is 0 Å². The number of aryl methyl sites for hydroxylation is 1. The van der Waals surface area contributed by atoms with E-state index >= 15 is 0 Å². The van der Waals surface area contributed by atoms with Crippen molar-refractivity contribution in [3.05, 3.63) is 65.2 Å². The van der Waals surface area contributed by atoms with Crippen molar-refractivity contribution >= 4 is 5.91 Å². The van der Waals surface area contributed by atoms with Gasteiger partial charge in [-0.3, -0.25) is 4.79 Å². The van der Waals surface area contributed by atoms with Crippen LogP contribution in [0.15, 0.2) is 48.5 Å². The standard InChI is InChI=1S/C21H23NO3/c23-21(22-19-12-11-15-6-1-2-8-17(15)19)18-9-3-4-10-20(18)25-14-16-7-5-13-24-16/h1-4,6,8-10,16,19H,5,7,11-14H2,(H,22,23). The molecular weight excluding hydrogens is 314 g/mol. The molecule has 2 aromatic carbocycles. The summed E-state index contributed by atoms with van der Waals surface area (Å²) < 4.78 is 11.5. The molecule has 4 rings (SSSR count). The molecule has 1 aliphatic carbocycles. The third-order valence-corrected chi connectivity index (χ3v) is 5.02. The molecule has 4 heteroatoms. The SMILES string of the molecule is O=C(NC1CCc2ccccc21)c1ccccc1OCC1CCCO1. The van der Waals surface area contributed by atoms with Gasteiger partial charge in [0, 0.05) is 6.61 Å². The van der Waals surface area contributed by atoms with Gasteiger partial charge in [0.2, 0.25) is 0 Å². The summed E-state index contributed by atoms with van der Waals surface area (Å²) >= 11 is 0. The molecule has 25 heavy (non-hydrogen) atoms. The van der Waals surface area contributed by atoms with E-state index in [4.69, 9.17) is 9.47 Å². The van der Waals surface area contributed by atoms with Gasteiger partial charge < -0.3 is 14.8 Å². The van der Waals surface area contributed by atoms with Crippen LogP contribution in [0.3, 0.4) is 0 Å². The fourth-order valence-corrected chi connectivity index (χ4v) is 3.68. The van der Waals surface area contributed by atoms with Crippen molar-refractivity contribution in [2.45, 2.75) is 37.8 Å². The van der Waals surface area contributed by atoms with E-state index < -0.39 is 0 Å². The number of amides is 1. The summed E-state index contributed by atoms with van der Waals surface area (Å²) in [7, 11) is 0. The Morgan fingerprint density at radius 2 is 1.96 bits per heavy atom. The van der Waals surface area contributed by atoms with Gasteiger partial charge in [-0.2, -0.15) is 0 Å². The first-order chi connectivity index (χ1) is 12.3. The van der Waals surface area contributed by atoms with Gasteiger partial charge in [0.25, 0.3) is 5.91 Å². The summed E-state index contributed by atoms with van der Waals surface area (Å²) in [4.78, 5) is 12.8. The summed E-state index contributed by atoms with van der Waals surface area (Å²) in [5.41, 5.74) is 3.15. The largest absolute Gasteiger partial charge is 0.490 e. The molecule has 1 fully saturated rings. The fraction of sp³-hybridized carbons (Fsp3) is 0.381. The van der Waals surface area contributed by atoms with Crippen LogP contribution >= 0.6 is 0 Å². The Morgan fingerprint density at radius 3 is 2.84 bits per heavy atom. The van der Waals surface area contributed by atoms with Crippen LogP contribution in [0, 0.1) is 0 Å². The first-order valence-electron chi connectivity index (χ1n) is 9.03. The van der Waals surface area contributed by atoms with Crippen LogP contribution in [-0.2, 0) is 11.2 Å². The monoisotopic (exact) mass is 337 g/mol. The lowest BCUT2D eigenvalue weighted by molar-refractivity contribution is 0.0670. The lowest BCUT2D eigenvalue weighted by Gasteiger charge is -2.17. The van der Waals surface area contributed by atoms with Crippen molar-refractivity contribution in [2.75, 3.05) is 13.2 Å². The Bertz CT molecular complexity index is 752. The van der Waals surface area contributed by atoms with E-state index in [2.05, 4.69) is 23.5 Å². The molecule has 1 N–H and O–H groups in total. The van der Waals surface area contributed by atoms with Crippen LogP contribution < -0.4 is 10.1 Å². The highest BCUT2D eigenvalue weighted by Crippen LogP contribution is 2.31. The van der Waals surface area contributed by atoms with E-state index in [-0.39, 0.29) is 18.1 Å². The smallest absolute Gasteiger partial charge is 0.255 e. The Morgan fingerprint density at radius 1 is 1.12 bits per heavy atom. The quantitative estimate of drug-likeness (QED) is 0.906. The maximum absolute atomic E-state index is 12.8. The third kappa shape index (κ3) is 3.54. The summed E-state index contributed by atoms with van der Waals surface area (Å²) in [5.74, 6) is 0.548. The van der Waals surface area contributed by atoms with Crippen LogP contribution in [0.25, 0.3) is 0 Å². The molecule has 1 heterocycles. The third-order valence-electron chi connectivity index (χ3n) is 5.02. The molecule has 2 aliphatic rings. The minimum Gasteiger partial charge on any atom is -0.490 e. The van der Waals surface area contributed by atoms with Crippen LogP contribution in [0.1, 0.15) is 46.8 Å². The Kier molecular flexibility index (Phi) is 4.70. The van der Waals surface area contributed by atoms with E-state index in [0.717, 1.165) is 32.3 Å². The van der Waals surface area contributed by atoms with E-state index in [1.807, 2.05) is 30.3 Å². The molecular formula is C21H23NO3. The van der Waals surface area contributed by atoms with E-state index in [1.165, 1.54) is 11.1 Å². The molecule has 0 aromatic heterocycles. The number of carbonyl (C=O) groups is 1. The molecule has 0 spiro atoms. The number of fused-ring (bicyclic) bond motifs is 1. The van der Waals surface area contributed by atoms with Gasteiger partial charge in [-0.15, -0.1) is 0 Å². The summed E-state index contributed by atoms with van der Waals surface area (Å²) in [6.07, 6.45) is 4.20. The minimum absolute atomic E-state index is 0.0786. The first kappa shape index (κ1) is 16.2. The molecule has 2 unspecified atom stereocenters. The summed E-state index contributed by atoms with van der Waals surface area (Å²) in [5, 5.41) is 3.17. The van der Waals surface area contributed by atoms with Crippen LogP contribution in [0.4, 0.5) is 0 Å². The molecule has 1 saturated heterocycles. The van der Waals surface area contributed by atoms with Crippen molar-refractivity contribution in [3.8, 4) is 5.75 Å². The highest BCUT2D eigenvalue weighted by Gasteiger charge is 2.25. The predicted octanol–water partition coefficient (Wildman–Crippen LogP) is 3.66. The molecule has 0 saturated carbocycles. The molecule has 2 aromatic rings. The normalized spacial score (nSPS) is 21.8. The van der Waals surface area contributed by atoms with Gasteiger partial charge in [0.05, 0.1) is 17.7 Å². The molecule has 1 amide bonds. The Balaban J connectivity index is 1.45. The topological polar surface area (TPSA) is 47.6 Å². The second-order valence-corrected chi connectivity index (χ2v) is 6.71. The van der Waals surface area contributed by atoms with Crippen molar-refractivity contribution < 1.29 is 14.3 Å². The van der Waals surface area contributed by atoms with E-state index in [0.29, 0.717) is 17.9 Å². The number of hydrogen-bond donors (Lipinski definition) is 1. The average molecular weight is 337 g/mol. The molecule has 1 aliphatic heterocycles. The zero-order valence-corrected chi connectivity index (χ0v) is 14.2. The fourth-order valence-electron chi connectivity index (χ4n) is 3.68. The molecule has 130 valence electrons. The number of nitrogens with one attached hydrogen (secondary N) is 1. The lowest BCUT2D eigenvalue weighted by atomic mass is 10.1. The number of rotatable bonds is 5. The molecule has 2 atom stereocenters. The van der Waals surface area contributed by atoms with Crippen molar-refractivity contribution in [1.82, 2.24) is 5.32 Å². The van der Waals surface area contributed by atoms with Gasteiger partial charge in [0.1, 0.15) is 12.4 Å². The van der Waals surface area contributed by atoms with Crippen LogP contribution in [-0.4, -0.2) is 25.2 Å².